The Morgan fingerprint density at radius 1 is 1.53 bits per heavy atom. The predicted molar refractivity (Wildman–Crippen MR) is 62.1 cm³/mol. The molecule has 0 saturated heterocycles. The second kappa shape index (κ2) is 3.34. The van der Waals surface area contributed by atoms with Crippen molar-refractivity contribution in [2.45, 2.75) is 19.9 Å². The summed E-state index contributed by atoms with van der Waals surface area (Å²) in [5, 5.41) is 0. The van der Waals surface area contributed by atoms with Gasteiger partial charge in [-0.3, -0.25) is 4.72 Å². The highest BCUT2D eigenvalue weighted by molar-refractivity contribution is 9.10. The molecule has 7 heteroatoms. The van der Waals surface area contributed by atoms with E-state index in [9.17, 15) is 8.42 Å². The second-order valence-corrected chi connectivity index (χ2v) is 5.98. The van der Waals surface area contributed by atoms with E-state index in [1.54, 1.807) is 26.1 Å². The smallest absolute Gasteiger partial charge is 0.263 e. The summed E-state index contributed by atoms with van der Waals surface area (Å²) in [6.07, 6.45) is 1.58. The molecule has 0 amide bonds. The number of pyridine rings is 1. The van der Waals surface area contributed by atoms with Gasteiger partial charge in [0.15, 0.2) is 5.82 Å². The van der Waals surface area contributed by atoms with Crippen LogP contribution < -0.4 is 9.03 Å². The van der Waals surface area contributed by atoms with E-state index >= 15 is 0 Å². The quantitative estimate of drug-likeness (QED) is 0.857. The Hall–Kier alpha value is -0.820. The van der Waals surface area contributed by atoms with Gasteiger partial charge in [0.2, 0.25) is 0 Å². The third kappa shape index (κ3) is 1.69. The zero-order valence-electron chi connectivity index (χ0n) is 8.23. The van der Waals surface area contributed by atoms with Crippen LogP contribution in [0.2, 0.25) is 0 Å². The molecule has 0 aliphatic carbocycles. The average Bonchev–Trinajstić information content (AvgIpc) is 2.33. The van der Waals surface area contributed by atoms with Gasteiger partial charge < -0.3 is 0 Å². The van der Waals surface area contributed by atoms with E-state index < -0.39 is 10.2 Å². The first-order valence-corrected chi connectivity index (χ1v) is 6.63. The second-order valence-electron chi connectivity index (χ2n) is 3.52. The number of hydrogen-bond acceptors (Lipinski definition) is 3. The van der Waals surface area contributed by atoms with Crippen molar-refractivity contribution in [1.82, 2.24) is 4.98 Å². The SMILES string of the molecule is CC(C)N1c2ncc(Br)cc2NS1(=O)=O. The molecule has 0 aromatic carbocycles. The number of anilines is 2. The van der Waals surface area contributed by atoms with Gasteiger partial charge in [0, 0.05) is 16.7 Å². The lowest BCUT2D eigenvalue weighted by molar-refractivity contribution is 0.592. The first-order valence-electron chi connectivity index (χ1n) is 4.39. The van der Waals surface area contributed by atoms with Crippen molar-refractivity contribution in [3.63, 3.8) is 0 Å². The third-order valence-electron chi connectivity index (χ3n) is 2.01. The lowest BCUT2D eigenvalue weighted by Crippen LogP contribution is -2.36. The van der Waals surface area contributed by atoms with Crippen LogP contribution in [-0.2, 0) is 10.2 Å². The Kier molecular flexibility index (Phi) is 2.38. The maximum absolute atomic E-state index is 11.7. The van der Waals surface area contributed by atoms with Crippen molar-refractivity contribution in [1.29, 1.82) is 0 Å². The first kappa shape index (κ1) is 10.7. The summed E-state index contributed by atoms with van der Waals surface area (Å²) in [5.74, 6) is 0.452. The number of rotatable bonds is 1. The van der Waals surface area contributed by atoms with E-state index in [1.165, 1.54) is 4.31 Å². The molecule has 1 aromatic heterocycles. The van der Waals surface area contributed by atoms with E-state index in [4.69, 9.17) is 0 Å². The monoisotopic (exact) mass is 291 g/mol. The predicted octanol–water partition coefficient (Wildman–Crippen LogP) is 1.73. The summed E-state index contributed by atoms with van der Waals surface area (Å²) < 4.78 is 27.9. The number of nitrogens with zero attached hydrogens (tertiary/aromatic N) is 2. The largest absolute Gasteiger partial charge is 0.325 e. The zero-order chi connectivity index (χ0) is 11.2. The molecule has 1 aliphatic rings. The van der Waals surface area contributed by atoms with Gasteiger partial charge in [-0.25, -0.2) is 9.29 Å². The maximum Gasteiger partial charge on any atom is 0.325 e. The van der Waals surface area contributed by atoms with Gasteiger partial charge in [-0.15, -0.1) is 0 Å². The molecule has 2 heterocycles. The molecule has 0 spiro atoms. The molecule has 2 rings (SSSR count). The van der Waals surface area contributed by atoms with Crippen LogP contribution in [0.25, 0.3) is 0 Å². The molecule has 1 aliphatic heterocycles. The van der Waals surface area contributed by atoms with E-state index in [0.717, 1.165) is 4.47 Å². The molecule has 1 aromatic rings. The van der Waals surface area contributed by atoms with E-state index in [2.05, 4.69) is 25.6 Å². The average molecular weight is 292 g/mol. The summed E-state index contributed by atoms with van der Waals surface area (Å²) in [6.45, 7) is 3.61. The Bertz CT molecular complexity index is 501. The number of hydrogen-bond donors (Lipinski definition) is 1. The summed E-state index contributed by atoms with van der Waals surface area (Å²) in [6, 6.07) is 1.54. The van der Waals surface area contributed by atoms with Crippen LogP contribution in [0.4, 0.5) is 11.5 Å². The lowest BCUT2D eigenvalue weighted by Gasteiger charge is -2.19. The highest BCUT2D eigenvalue weighted by Crippen LogP contribution is 2.36. The van der Waals surface area contributed by atoms with Crippen LogP contribution in [0.15, 0.2) is 16.7 Å². The highest BCUT2D eigenvalue weighted by Gasteiger charge is 2.35. The van der Waals surface area contributed by atoms with Gasteiger partial charge in [0.05, 0.1) is 5.69 Å². The summed E-state index contributed by atoms with van der Waals surface area (Å²) in [4.78, 5) is 4.09. The van der Waals surface area contributed by atoms with Gasteiger partial charge in [-0.05, 0) is 35.8 Å². The molecule has 0 radical (unpaired) electrons. The standard InChI is InChI=1S/C8H10BrN3O2S/c1-5(2)12-8-7(11-15(12,13)14)3-6(9)4-10-8/h3-5,11H,1-2H3. The number of fused-ring (bicyclic) bond motifs is 1. The third-order valence-corrected chi connectivity index (χ3v) is 4.03. The van der Waals surface area contributed by atoms with Crippen LogP contribution >= 0.6 is 15.9 Å². The summed E-state index contributed by atoms with van der Waals surface area (Å²) in [5.41, 5.74) is 0.512. The first-order chi connectivity index (χ1) is 6.92. The Morgan fingerprint density at radius 2 is 2.20 bits per heavy atom. The number of nitrogens with one attached hydrogen (secondary N) is 1. The van der Waals surface area contributed by atoms with Gasteiger partial charge in [-0.1, -0.05) is 0 Å². The molecule has 0 bridgehead atoms. The van der Waals surface area contributed by atoms with Crippen molar-refractivity contribution in [3.05, 3.63) is 16.7 Å². The molecule has 5 nitrogen and oxygen atoms in total. The Labute approximate surface area is 96.8 Å². The van der Waals surface area contributed by atoms with Gasteiger partial charge in [0.1, 0.15) is 0 Å². The van der Waals surface area contributed by atoms with E-state index in [1.807, 2.05) is 0 Å². The molecule has 0 saturated carbocycles. The van der Waals surface area contributed by atoms with Crippen LogP contribution in [0, 0.1) is 0 Å². The molecule has 82 valence electrons. The van der Waals surface area contributed by atoms with Crippen molar-refractivity contribution in [2.24, 2.45) is 0 Å². The fraction of sp³-hybridized carbons (Fsp3) is 0.375. The fourth-order valence-electron chi connectivity index (χ4n) is 1.51. The molecular weight excluding hydrogens is 282 g/mol. The fourth-order valence-corrected chi connectivity index (χ4v) is 3.29. The molecule has 15 heavy (non-hydrogen) atoms. The highest BCUT2D eigenvalue weighted by atomic mass is 79.9. The molecule has 0 fully saturated rings. The summed E-state index contributed by atoms with van der Waals surface area (Å²) in [7, 11) is -3.46. The van der Waals surface area contributed by atoms with Crippen LogP contribution in [-0.4, -0.2) is 19.4 Å². The Morgan fingerprint density at radius 3 is 2.80 bits per heavy atom. The minimum atomic E-state index is -3.46. The van der Waals surface area contributed by atoms with Crippen molar-refractivity contribution < 1.29 is 8.42 Å². The number of aromatic nitrogens is 1. The van der Waals surface area contributed by atoms with Gasteiger partial charge in [-0.2, -0.15) is 8.42 Å². The summed E-state index contributed by atoms with van der Waals surface area (Å²) >= 11 is 3.24. The number of halogens is 1. The van der Waals surface area contributed by atoms with Crippen LogP contribution in [0.1, 0.15) is 13.8 Å². The van der Waals surface area contributed by atoms with Gasteiger partial charge >= 0.3 is 10.2 Å². The maximum atomic E-state index is 11.7. The van der Waals surface area contributed by atoms with E-state index in [-0.39, 0.29) is 6.04 Å². The molecular formula is C8H10BrN3O2S. The zero-order valence-corrected chi connectivity index (χ0v) is 10.6. The molecule has 0 unspecified atom stereocenters. The topological polar surface area (TPSA) is 62.3 Å². The molecule has 0 atom stereocenters. The minimum absolute atomic E-state index is 0.155. The Balaban J connectivity index is 2.60. The minimum Gasteiger partial charge on any atom is -0.263 e. The van der Waals surface area contributed by atoms with E-state index in [0.29, 0.717) is 11.5 Å². The van der Waals surface area contributed by atoms with Crippen molar-refractivity contribution in [2.75, 3.05) is 9.03 Å². The van der Waals surface area contributed by atoms with Crippen molar-refractivity contribution in [3.8, 4) is 0 Å². The van der Waals surface area contributed by atoms with Crippen molar-refractivity contribution >= 4 is 37.6 Å². The molecule has 1 N–H and O–H groups in total. The normalized spacial score (nSPS) is 17.7. The van der Waals surface area contributed by atoms with Crippen LogP contribution in [0.5, 0.6) is 0 Å². The lowest BCUT2D eigenvalue weighted by atomic mass is 10.3. The van der Waals surface area contributed by atoms with Crippen LogP contribution in [0.3, 0.4) is 0 Å². The van der Waals surface area contributed by atoms with Gasteiger partial charge in [0.25, 0.3) is 0 Å².